The smallest absolute Gasteiger partial charge is 0.198 e. The van der Waals surface area contributed by atoms with Crippen LogP contribution in [0.5, 0.6) is 0 Å². The zero-order chi connectivity index (χ0) is 15.5. The Labute approximate surface area is 132 Å². The number of oxazole rings is 1. The molecule has 2 heterocycles. The van der Waals surface area contributed by atoms with E-state index in [9.17, 15) is 0 Å². The van der Waals surface area contributed by atoms with Crippen LogP contribution in [-0.4, -0.2) is 36.1 Å². The lowest BCUT2D eigenvalue weighted by molar-refractivity contribution is 0.198. The van der Waals surface area contributed by atoms with E-state index in [1.165, 1.54) is 24.1 Å². The van der Waals surface area contributed by atoms with Crippen LogP contribution in [0.3, 0.4) is 0 Å². The molecule has 2 N–H and O–H groups in total. The molecule has 0 unspecified atom stereocenters. The fourth-order valence-electron chi connectivity index (χ4n) is 3.45. The van der Waals surface area contributed by atoms with Crippen molar-refractivity contribution in [3.8, 4) is 0 Å². The molecule has 0 saturated carbocycles. The van der Waals surface area contributed by atoms with Crippen LogP contribution >= 0.6 is 0 Å². The van der Waals surface area contributed by atoms with Gasteiger partial charge < -0.3 is 15.1 Å². The van der Waals surface area contributed by atoms with E-state index in [1.54, 1.807) is 0 Å². The fourth-order valence-corrected chi connectivity index (χ4v) is 3.45. The number of aromatic nitrogens is 1. The summed E-state index contributed by atoms with van der Waals surface area (Å²) in [7, 11) is 0. The monoisotopic (exact) mass is 301 g/mol. The molecule has 0 bridgehead atoms. The lowest BCUT2D eigenvalue weighted by atomic mass is 9.96. The maximum atomic E-state index is 6.08. The summed E-state index contributed by atoms with van der Waals surface area (Å²) in [6.45, 7) is 8.48. The predicted molar refractivity (Wildman–Crippen MR) is 90.2 cm³/mol. The van der Waals surface area contributed by atoms with Gasteiger partial charge in [0.2, 0.25) is 0 Å². The second-order valence-corrected chi connectivity index (χ2v) is 6.59. The summed E-state index contributed by atoms with van der Waals surface area (Å²) in [6, 6.07) is 4.29. The molecule has 1 fully saturated rings. The fraction of sp³-hybridized carbons (Fsp3) is 0.611. The van der Waals surface area contributed by atoms with Crippen LogP contribution in [0.2, 0.25) is 0 Å². The highest BCUT2D eigenvalue weighted by Crippen LogP contribution is 2.31. The lowest BCUT2D eigenvalue weighted by Gasteiger charge is -2.30. The number of unbranched alkanes of at least 4 members (excludes halogenated alkanes) is 1. The highest BCUT2D eigenvalue weighted by atomic mass is 16.3. The summed E-state index contributed by atoms with van der Waals surface area (Å²) >= 11 is 0. The number of piperidine rings is 1. The molecule has 4 nitrogen and oxygen atoms in total. The summed E-state index contributed by atoms with van der Waals surface area (Å²) in [4.78, 5) is 7.30. The second kappa shape index (κ2) is 6.80. The van der Waals surface area contributed by atoms with Crippen molar-refractivity contribution in [2.45, 2.75) is 45.4 Å². The van der Waals surface area contributed by atoms with E-state index < -0.39 is 0 Å². The van der Waals surface area contributed by atoms with Gasteiger partial charge in [0, 0.05) is 5.92 Å². The first-order valence-corrected chi connectivity index (χ1v) is 8.47. The Morgan fingerprint density at radius 1 is 1.23 bits per heavy atom. The van der Waals surface area contributed by atoms with E-state index >= 15 is 0 Å². The van der Waals surface area contributed by atoms with Crippen molar-refractivity contribution in [1.82, 2.24) is 9.88 Å². The summed E-state index contributed by atoms with van der Waals surface area (Å²) in [5, 5.41) is 0. The number of nitrogens with two attached hydrogens (primary N) is 1. The minimum Gasteiger partial charge on any atom is -0.440 e. The van der Waals surface area contributed by atoms with Crippen molar-refractivity contribution in [2.24, 2.45) is 5.73 Å². The van der Waals surface area contributed by atoms with Crippen molar-refractivity contribution < 1.29 is 4.42 Å². The van der Waals surface area contributed by atoms with Gasteiger partial charge in [0.25, 0.3) is 0 Å². The molecule has 0 atom stereocenters. The zero-order valence-electron chi connectivity index (χ0n) is 13.8. The summed E-state index contributed by atoms with van der Waals surface area (Å²) < 4.78 is 6.08. The third-order valence-electron chi connectivity index (χ3n) is 4.70. The maximum absolute atomic E-state index is 6.08. The molecule has 4 heteroatoms. The quantitative estimate of drug-likeness (QED) is 0.860. The Morgan fingerprint density at radius 3 is 2.73 bits per heavy atom. The molecule has 22 heavy (non-hydrogen) atoms. The first-order chi connectivity index (χ1) is 10.7. The van der Waals surface area contributed by atoms with Gasteiger partial charge in [-0.15, -0.1) is 0 Å². The normalized spacial score (nSPS) is 17.4. The number of aryl methyl sites for hydroxylation is 2. The van der Waals surface area contributed by atoms with Crippen LogP contribution in [0.1, 0.15) is 48.6 Å². The number of fused-ring (bicyclic) bond motifs is 1. The van der Waals surface area contributed by atoms with Gasteiger partial charge in [-0.25, -0.2) is 4.98 Å². The molecular formula is C18H27N3O. The van der Waals surface area contributed by atoms with Crippen LogP contribution in [0, 0.1) is 13.8 Å². The maximum Gasteiger partial charge on any atom is 0.198 e. The van der Waals surface area contributed by atoms with Gasteiger partial charge >= 0.3 is 0 Å². The Balaban J connectivity index is 1.65. The van der Waals surface area contributed by atoms with E-state index in [1.807, 2.05) is 0 Å². The minimum atomic E-state index is 0.470. The van der Waals surface area contributed by atoms with Crippen LogP contribution in [0.15, 0.2) is 16.5 Å². The molecule has 0 aliphatic carbocycles. The predicted octanol–water partition coefficient (Wildman–Crippen LogP) is 3.36. The van der Waals surface area contributed by atoms with Gasteiger partial charge in [-0.3, -0.25) is 0 Å². The summed E-state index contributed by atoms with van der Waals surface area (Å²) in [5.74, 6) is 1.41. The molecule has 120 valence electrons. The summed E-state index contributed by atoms with van der Waals surface area (Å²) in [6.07, 6.45) is 4.63. The standard InChI is InChI=1S/C18H27N3O/c1-13-11-14(2)17-16(12-13)20-18(22-17)15-5-9-21(10-6-15)8-4-3-7-19/h11-12,15H,3-10,19H2,1-2H3. The molecule has 0 spiro atoms. The first kappa shape index (κ1) is 15.5. The Bertz CT molecular complexity index is 627. The molecule has 1 aromatic carbocycles. The van der Waals surface area contributed by atoms with Gasteiger partial charge in [-0.1, -0.05) is 6.07 Å². The Morgan fingerprint density at radius 2 is 2.00 bits per heavy atom. The molecular weight excluding hydrogens is 274 g/mol. The Hall–Kier alpha value is -1.39. The van der Waals surface area contributed by atoms with E-state index in [2.05, 4.69) is 30.9 Å². The highest BCUT2D eigenvalue weighted by molar-refractivity contribution is 5.77. The largest absolute Gasteiger partial charge is 0.440 e. The Kier molecular flexibility index (Phi) is 4.79. The van der Waals surface area contributed by atoms with Crippen LogP contribution in [0.4, 0.5) is 0 Å². The molecule has 1 aliphatic heterocycles. The van der Waals surface area contributed by atoms with Crippen molar-refractivity contribution in [1.29, 1.82) is 0 Å². The molecule has 0 radical (unpaired) electrons. The van der Waals surface area contributed by atoms with Crippen molar-refractivity contribution in [3.63, 3.8) is 0 Å². The van der Waals surface area contributed by atoms with Crippen LogP contribution in [0.25, 0.3) is 11.1 Å². The van der Waals surface area contributed by atoms with Gasteiger partial charge in [0.1, 0.15) is 5.52 Å². The molecule has 2 aromatic rings. The molecule has 3 rings (SSSR count). The average Bonchev–Trinajstić information content (AvgIpc) is 2.92. The number of hydrogen-bond donors (Lipinski definition) is 1. The zero-order valence-corrected chi connectivity index (χ0v) is 13.8. The van der Waals surface area contributed by atoms with E-state index in [-0.39, 0.29) is 0 Å². The van der Waals surface area contributed by atoms with Crippen molar-refractivity contribution in [2.75, 3.05) is 26.2 Å². The lowest BCUT2D eigenvalue weighted by Crippen LogP contribution is -2.33. The van der Waals surface area contributed by atoms with Crippen LogP contribution < -0.4 is 5.73 Å². The van der Waals surface area contributed by atoms with E-state index in [4.69, 9.17) is 15.1 Å². The SMILES string of the molecule is Cc1cc(C)c2oc(C3CCN(CCCCN)CC3)nc2c1. The number of likely N-dealkylation sites (tertiary alicyclic amines) is 1. The van der Waals surface area contributed by atoms with Gasteiger partial charge in [0.15, 0.2) is 11.5 Å². The third kappa shape index (κ3) is 3.33. The topological polar surface area (TPSA) is 55.3 Å². The average molecular weight is 301 g/mol. The number of nitrogens with zero attached hydrogens (tertiary/aromatic N) is 2. The highest BCUT2D eigenvalue weighted by Gasteiger charge is 2.24. The third-order valence-corrected chi connectivity index (χ3v) is 4.70. The summed E-state index contributed by atoms with van der Waals surface area (Å²) in [5.41, 5.74) is 9.98. The minimum absolute atomic E-state index is 0.470. The van der Waals surface area contributed by atoms with Gasteiger partial charge in [-0.2, -0.15) is 0 Å². The first-order valence-electron chi connectivity index (χ1n) is 8.47. The number of rotatable bonds is 5. The molecule has 0 amide bonds. The molecule has 1 aromatic heterocycles. The number of benzene rings is 1. The van der Waals surface area contributed by atoms with Crippen molar-refractivity contribution >= 4 is 11.1 Å². The van der Waals surface area contributed by atoms with E-state index in [0.717, 1.165) is 55.9 Å². The molecule has 1 aliphatic rings. The van der Waals surface area contributed by atoms with Gasteiger partial charge in [0.05, 0.1) is 0 Å². The van der Waals surface area contributed by atoms with Gasteiger partial charge in [-0.05, 0) is 82.9 Å². The van der Waals surface area contributed by atoms with Crippen molar-refractivity contribution in [3.05, 3.63) is 29.2 Å². The molecule has 1 saturated heterocycles. The van der Waals surface area contributed by atoms with E-state index in [0.29, 0.717) is 5.92 Å². The van der Waals surface area contributed by atoms with Crippen LogP contribution in [-0.2, 0) is 0 Å². The number of hydrogen-bond acceptors (Lipinski definition) is 4. The second-order valence-electron chi connectivity index (χ2n) is 6.59.